The van der Waals surface area contributed by atoms with Crippen molar-refractivity contribution in [2.24, 2.45) is 7.05 Å². The van der Waals surface area contributed by atoms with E-state index in [1.807, 2.05) is 18.5 Å². The van der Waals surface area contributed by atoms with Crippen LogP contribution in [0.2, 0.25) is 0 Å². The molecule has 2 aliphatic rings. The number of thioether (sulfide) groups is 1. The highest BCUT2D eigenvalue weighted by atomic mass is 32.2. The molecule has 1 N–H and O–H groups in total. The first-order valence-electron chi connectivity index (χ1n) is 7.42. The summed E-state index contributed by atoms with van der Waals surface area (Å²) in [5, 5.41) is 11.6. The van der Waals surface area contributed by atoms with Crippen molar-refractivity contribution in [2.45, 2.75) is 48.6 Å². The maximum absolute atomic E-state index is 12.0. The van der Waals surface area contributed by atoms with Crippen LogP contribution in [0.3, 0.4) is 0 Å². The average molecular weight is 344 g/mol. The molecule has 2 fully saturated rings. The van der Waals surface area contributed by atoms with Crippen LogP contribution in [0.5, 0.6) is 0 Å². The molecule has 3 rings (SSSR count). The van der Waals surface area contributed by atoms with Gasteiger partial charge in [0.25, 0.3) is 0 Å². The van der Waals surface area contributed by atoms with Gasteiger partial charge in [-0.15, -0.1) is 10.2 Å². The van der Waals surface area contributed by atoms with Crippen molar-refractivity contribution < 1.29 is 13.2 Å². The molecule has 0 unspecified atom stereocenters. The minimum absolute atomic E-state index is 0.0143. The number of hydrogen-bond donors (Lipinski definition) is 1. The van der Waals surface area contributed by atoms with Gasteiger partial charge in [0, 0.05) is 19.0 Å². The van der Waals surface area contributed by atoms with Crippen molar-refractivity contribution in [2.75, 3.05) is 11.5 Å². The Labute approximate surface area is 134 Å². The number of aromatic nitrogens is 3. The number of nitrogens with zero attached hydrogens (tertiary/aromatic N) is 3. The second kappa shape index (κ2) is 5.84. The van der Waals surface area contributed by atoms with Crippen LogP contribution in [0.15, 0.2) is 5.16 Å². The van der Waals surface area contributed by atoms with Crippen LogP contribution < -0.4 is 5.32 Å². The van der Waals surface area contributed by atoms with Crippen molar-refractivity contribution in [1.29, 1.82) is 0 Å². The van der Waals surface area contributed by atoms with Crippen molar-refractivity contribution in [3.8, 4) is 0 Å². The van der Waals surface area contributed by atoms with Gasteiger partial charge < -0.3 is 9.88 Å². The Hall–Kier alpha value is -1.09. The highest BCUT2D eigenvalue weighted by molar-refractivity contribution is 8.00. The molecule has 2 atom stereocenters. The first-order chi connectivity index (χ1) is 10.4. The molecule has 0 radical (unpaired) electrons. The summed E-state index contributed by atoms with van der Waals surface area (Å²) < 4.78 is 25.0. The van der Waals surface area contributed by atoms with Gasteiger partial charge in [0.1, 0.15) is 5.82 Å². The molecule has 0 aromatic carbocycles. The third-order valence-electron chi connectivity index (χ3n) is 4.04. The quantitative estimate of drug-likeness (QED) is 0.781. The second-order valence-corrected chi connectivity index (χ2v) is 9.58. The van der Waals surface area contributed by atoms with E-state index in [0.717, 1.165) is 12.8 Å². The Balaban J connectivity index is 1.66. The summed E-state index contributed by atoms with van der Waals surface area (Å²) in [6.07, 6.45) is 2.72. The fraction of sp³-hybridized carbons (Fsp3) is 0.769. The number of sulfone groups is 1. The summed E-state index contributed by atoms with van der Waals surface area (Å²) in [5.74, 6) is 0.973. The Morgan fingerprint density at radius 1 is 1.36 bits per heavy atom. The average Bonchev–Trinajstić information content (AvgIpc) is 3.09. The van der Waals surface area contributed by atoms with Crippen LogP contribution >= 0.6 is 11.8 Å². The predicted octanol–water partition coefficient (Wildman–Crippen LogP) is 0.476. The molecule has 1 aromatic heterocycles. The molecule has 122 valence electrons. The third-order valence-corrected chi connectivity index (χ3v) is 6.94. The van der Waals surface area contributed by atoms with Crippen molar-refractivity contribution in [3.05, 3.63) is 5.82 Å². The Bertz CT molecular complexity index is 681. The van der Waals surface area contributed by atoms with E-state index >= 15 is 0 Å². The van der Waals surface area contributed by atoms with Crippen LogP contribution in [0.4, 0.5) is 0 Å². The number of hydrogen-bond acceptors (Lipinski definition) is 6. The maximum atomic E-state index is 12.0. The van der Waals surface area contributed by atoms with Gasteiger partial charge in [0.05, 0.1) is 16.8 Å². The van der Waals surface area contributed by atoms with Gasteiger partial charge in [-0.25, -0.2) is 8.42 Å². The van der Waals surface area contributed by atoms with E-state index in [1.54, 1.807) is 0 Å². The van der Waals surface area contributed by atoms with Crippen LogP contribution in [0.25, 0.3) is 0 Å². The zero-order valence-electron chi connectivity index (χ0n) is 12.7. The van der Waals surface area contributed by atoms with Crippen LogP contribution in [-0.2, 0) is 21.7 Å². The fourth-order valence-electron chi connectivity index (χ4n) is 2.54. The minimum atomic E-state index is -2.95. The number of rotatable bonds is 5. The van der Waals surface area contributed by atoms with Crippen LogP contribution in [0, 0.1) is 0 Å². The van der Waals surface area contributed by atoms with E-state index < -0.39 is 9.84 Å². The fourth-order valence-corrected chi connectivity index (χ4v) is 5.11. The molecule has 1 saturated carbocycles. The molecule has 1 amide bonds. The van der Waals surface area contributed by atoms with Crippen molar-refractivity contribution in [1.82, 2.24) is 20.1 Å². The van der Waals surface area contributed by atoms with E-state index in [4.69, 9.17) is 0 Å². The molecule has 7 nitrogen and oxygen atoms in total. The van der Waals surface area contributed by atoms with E-state index in [0.29, 0.717) is 23.4 Å². The Morgan fingerprint density at radius 2 is 2.09 bits per heavy atom. The molecule has 1 saturated heterocycles. The van der Waals surface area contributed by atoms with Gasteiger partial charge in [-0.2, -0.15) is 0 Å². The lowest BCUT2D eigenvalue weighted by Gasteiger charge is -2.12. The second-order valence-electron chi connectivity index (χ2n) is 6.04. The number of carbonyl (C=O) groups is 1. The molecule has 1 aromatic rings. The lowest BCUT2D eigenvalue weighted by molar-refractivity contribution is -0.120. The van der Waals surface area contributed by atoms with E-state index in [9.17, 15) is 13.2 Å². The highest BCUT2D eigenvalue weighted by Crippen LogP contribution is 2.30. The standard InChI is InChI=1S/C13H20N4O3S2/c1-8(12(18)14-10-3-4-10)21-13-16-15-11(17(13)2)9-5-6-22(19,20)7-9/h8-10H,3-7H2,1-2H3,(H,14,18)/t8-,9+/m0/s1. The summed E-state index contributed by atoms with van der Waals surface area (Å²) in [4.78, 5) is 12.0. The van der Waals surface area contributed by atoms with E-state index in [2.05, 4.69) is 15.5 Å². The molecule has 2 heterocycles. The molecular formula is C13H20N4O3S2. The van der Waals surface area contributed by atoms with Gasteiger partial charge in [0.15, 0.2) is 15.0 Å². The SMILES string of the molecule is C[C@H](Sc1nnc([C@@H]2CCS(=O)(=O)C2)n1C)C(=O)NC1CC1. The molecule has 0 bridgehead atoms. The topological polar surface area (TPSA) is 93.9 Å². The predicted molar refractivity (Wildman–Crippen MR) is 83.5 cm³/mol. The molecule has 9 heteroatoms. The van der Waals surface area contributed by atoms with Crippen LogP contribution in [-0.4, -0.2) is 51.9 Å². The third kappa shape index (κ3) is 3.45. The van der Waals surface area contributed by atoms with Gasteiger partial charge in [-0.1, -0.05) is 11.8 Å². The summed E-state index contributed by atoms with van der Waals surface area (Å²) in [5.41, 5.74) is 0. The number of nitrogens with one attached hydrogen (secondary N) is 1. The summed E-state index contributed by atoms with van der Waals surface area (Å²) in [6, 6.07) is 0.342. The van der Waals surface area contributed by atoms with Crippen molar-refractivity contribution >= 4 is 27.5 Å². The smallest absolute Gasteiger partial charge is 0.233 e. The normalized spacial score (nSPS) is 25.1. The number of carbonyl (C=O) groups excluding carboxylic acids is 1. The molecule has 1 aliphatic carbocycles. The van der Waals surface area contributed by atoms with E-state index in [-0.39, 0.29) is 28.6 Å². The first kappa shape index (κ1) is 15.8. The lowest BCUT2D eigenvalue weighted by Crippen LogP contribution is -2.32. The maximum Gasteiger partial charge on any atom is 0.233 e. The highest BCUT2D eigenvalue weighted by Gasteiger charge is 2.33. The zero-order valence-corrected chi connectivity index (χ0v) is 14.3. The zero-order chi connectivity index (χ0) is 15.9. The molecule has 0 spiro atoms. The minimum Gasteiger partial charge on any atom is -0.352 e. The molecule has 1 aliphatic heterocycles. The number of amides is 1. The monoisotopic (exact) mass is 344 g/mol. The van der Waals surface area contributed by atoms with Gasteiger partial charge in [-0.3, -0.25) is 4.79 Å². The summed E-state index contributed by atoms with van der Waals surface area (Å²) >= 11 is 1.36. The van der Waals surface area contributed by atoms with Gasteiger partial charge in [0.2, 0.25) is 5.91 Å². The summed E-state index contributed by atoms with van der Waals surface area (Å²) in [7, 11) is -1.12. The van der Waals surface area contributed by atoms with Crippen molar-refractivity contribution in [3.63, 3.8) is 0 Å². The van der Waals surface area contributed by atoms with Gasteiger partial charge >= 0.3 is 0 Å². The Morgan fingerprint density at radius 3 is 2.68 bits per heavy atom. The van der Waals surface area contributed by atoms with Gasteiger partial charge in [-0.05, 0) is 26.2 Å². The summed E-state index contributed by atoms with van der Waals surface area (Å²) in [6.45, 7) is 1.84. The molecular weight excluding hydrogens is 324 g/mol. The largest absolute Gasteiger partial charge is 0.352 e. The Kier molecular flexibility index (Phi) is 4.19. The first-order valence-corrected chi connectivity index (χ1v) is 10.1. The van der Waals surface area contributed by atoms with Crippen LogP contribution in [0.1, 0.15) is 37.9 Å². The molecule has 22 heavy (non-hydrogen) atoms. The lowest BCUT2D eigenvalue weighted by atomic mass is 10.1. The van der Waals surface area contributed by atoms with E-state index in [1.165, 1.54) is 11.8 Å².